The lowest BCUT2D eigenvalue weighted by Gasteiger charge is -2.32. The highest BCUT2D eigenvalue weighted by molar-refractivity contribution is 5.70. The van der Waals surface area contributed by atoms with Gasteiger partial charge in [0.1, 0.15) is 0 Å². The number of benzene rings is 1. The van der Waals surface area contributed by atoms with E-state index in [9.17, 15) is 0 Å². The lowest BCUT2D eigenvalue weighted by atomic mass is 9.73. The van der Waals surface area contributed by atoms with Gasteiger partial charge in [-0.3, -0.25) is 0 Å². The largest absolute Gasteiger partial charge is 0.103 e. The van der Waals surface area contributed by atoms with Crippen LogP contribution in [-0.4, -0.2) is 0 Å². The van der Waals surface area contributed by atoms with Crippen LogP contribution < -0.4 is 0 Å². The second kappa shape index (κ2) is 27.4. The minimum Gasteiger partial charge on any atom is -0.103 e. The molecule has 1 aromatic rings. The Balaban J connectivity index is -0.000000321. The Labute approximate surface area is 240 Å². The van der Waals surface area contributed by atoms with Crippen molar-refractivity contribution in [1.82, 2.24) is 0 Å². The lowest BCUT2D eigenvalue weighted by molar-refractivity contribution is 0.295. The number of hydrogen-bond donors (Lipinski definition) is 0. The summed E-state index contributed by atoms with van der Waals surface area (Å²) in [5.74, 6) is 0.609. The van der Waals surface area contributed by atoms with Crippen LogP contribution in [0.15, 0.2) is 103 Å². The van der Waals surface area contributed by atoms with Crippen molar-refractivity contribution in [3.63, 3.8) is 0 Å². The van der Waals surface area contributed by atoms with Crippen LogP contribution in [-0.2, 0) is 6.42 Å². The minimum atomic E-state index is 0.311. The Kier molecular flexibility index (Phi) is 30.7. The summed E-state index contributed by atoms with van der Waals surface area (Å²) in [6.07, 6.45) is 16.7. The first-order valence-electron chi connectivity index (χ1n) is 14.4. The van der Waals surface area contributed by atoms with E-state index in [0.29, 0.717) is 11.3 Å². The molecule has 0 nitrogen and oxygen atoms in total. The molecule has 0 amide bonds. The maximum Gasteiger partial charge on any atom is -0.00292 e. The average molecular weight is 521 g/mol. The molecule has 0 aliphatic heterocycles. The third-order valence-electron chi connectivity index (χ3n) is 5.12. The molecule has 1 unspecified atom stereocenters. The van der Waals surface area contributed by atoms with Crippen molar-refractivity contribution in [2.24, 2.45) is 11.3 Å². The molecule has 216 valence electrons. The Bertz CT molecular complexity index is 834. The van der Waals surface area contributed by atoms with E-state index >= 15 is 0 Å². The van der Waals surface area contributed by atoms with Crippen LogP contribution >= 0.6 is 0 Å². The fraction of sp³-hybridized carbons (Fsp3) is 0.474. The van der Waals surface area contributed by atoms with E-state index in [1.165, 1.54) is 33.4 Å². The molecule has 0 spiro atoms. The molecule has 0 heterocycles. The highest BCUT2D eigenvalue weighted by atomic mass is 14.3. The highest BCUT2D eigenvalue weighted by Crippen LogP contribution is 2.39. The molecular formula is C38H64. The predicted octanol–water partition coefficient (Wildman–Crippen LogP) is 13.2. The van der Waals surface area contributed by atoms with Crippen LogP contribution in [0.25, 0.3) is 5.57 Å². The Morgan fingerprint density at radius 2 is 1.32 bits per heavy atom. The van der Waals surface area contributed by atoms with Gasteiger partial charge < -0.3 is 0 Å². The molecule has 1 aliphatic rings. The van der Waals surface area contributed by atoms with Crippen LogP contribution in [0.1, 0.15) is 114 Å². The van der Waals surface area contributed by atoms with E-state index in [-0.39, 0.29) is 0 Å². The quantitative estimate of drug-likeness (QED) is 0.273. The van der Waals surface area contributed by atoms with Crippen molar-refractivity contribution >= 4 is 5.57 Å². The average Bonchev–Trinajstić information content (AvgIpc) is 2.89. The molecule has 2 rings (SSSR count). The third-order valence-corrected chi connectivity index (χ3v) is 5.12. The summed E-state index contributed by atoms with van der Waals surface area (Å²) in [6.45, 7) is 39.9. The fourth-order valence-corrected chi connectivity index (χ4v) is 3.12. The van der Waals surface area contributed by atoms with E-state index in [2.05, 4.69) is 96.8 Å². The first kappa shape index (κ1) is 42.5. The van der Waals surface area contributed by atoms with Crippen LogP contribution in [0.3, 0.4) is 0 Å². The Morgan fingerprint density at radius 1 is 0.895 bits per heavy atom. The van der Waals surface area contributed by atoms with Gasteiger partial charge in [-0.2, -0.15) is 0 Å². The summed E-state index contributed by atoms with van der Waals surface area (Å²) in [5.41, 5.74) is 8.31. The van der Waals surface area contributed by atoms with Gasteiger partial charge in [-0.25, -0.2) is 0 Å². The zero-order valence-corrected chi connectivity index (χ0v) is 28.0. The molecule has 0 saturated heterocycles. The van der Waals surface area contributed by atoms with Gasteiger partial charge in [0.05, 0.1) is 0 Å². The molecule has 0 radical (unpaired) electrons. The lowest BCUT2D eigenvalue weighted by Crippen LogP contribution is -2.20. The van der Waals surface area contributed by atoms with Crippen molar-refractivity contribution in [3.05, 3.63) is 114 Å². The van der Waals surface area contributed by atoms with E-state index in [0.717, 1.165) is 12.8 Å². The first-order valence-corrected chi connectivity index (χ1v) is 14.4. The maximum absolute atomic E-state index is 3.87. The van der Waals surface area contributed by atoms with E-state index in [1.807, 2.05) is 80.5 Å². The summed E-state index contributed by atoms with van der Waals surface area (Å²) in [6, 6.07) is 9.05. The van der Waals surface area contributed by atoms with Crippen molar-refractivity contribution in [1.29, 1.82) is 0 Å². The topological polar surface area (TPSA) is 0 Å². The van der Waals surface area contributed by atoms with Crippen LogP contribution in [0.4, 0.5) is 0 Å². The Morgan fingerprint density at radius 3 is 1.63 bits per heavy atom. The van der Waals surface area contributed by atoms with Crippen LogP contribution in [0.2, 0.25) is 0 Å². The van der Waals surface area contributed by atoms with Crippen LogP contribution in [0, 0.1) is 11.3 Å². The highest BCUT2D eigenvalue weighted by Gasteiger charge is 2.26. The second-order valence-corrected chi connectivity index (χ2v) is 9.98. The summed E-state index contributed by atoms with van der Waals surface area (Å²) >= 11 is 0. The molecule has 1 aliphatic carbocycles. The molecule has 38 heavy (non-hydrogen) atoms. The number of allylic oxidation sites excluding steroid dienone is 11. The van der Waals surface area contributed by atoms with Gasteiger partial charge in [-0.1, -0.05) is 133 Å². The van der Waals surface area contributed by atoms with Gasteiger partial charge in [0, 0.05) is 0 Å². The van der Waals surface area contributed by atoms with Crippen molar-refractivity contribution < 1.29 is 0 Å². The maximum atomic E-state index is 3.87. The van der Waals surface area contributed by atoms with Gasteiger partial charge in [0.25, 0.3) is 0 Å². The van der Waals surface area contributed by atoms with Gasteiger partial charge in [0.15, 0.2) is 0 Å². The normalized spacial score (nSPS) is 13.9. The summed E-state index contributed by atoms with van der Waals surface area (Å²) in [4.78, 5) is 0. The fourth-order valence-electron chi connectivity index (χ4n) is 3.12. The van der Waals surface area contributed by atoms with E-state index < -0.39 is 0 Å². The molecular weight excluding hydrogens is 456 g/mol. The van der Waals surface area contributed by atoms with Gasteiger partial charge in [0.2, 0.25) is 0 Å². The van der Waals surface area contributed by atoms with Crippen molar-refractivity contribution in [2.45, 2.75) is 110 Å². The molecule has 0 fully saturated rings. The zero-order valence-electron chi connectivity index (χ0n) is 28.0. The van der Waals surface area contributed by atoms with Crippen LogP contribution in [0.5, 0.6) is 0 Å². The van der Waals surface area contributed by atoms with Gasteiger partial charge >= 0.3 is 0 Å². The zero-order chi connectivity index (χ0) is 30.7. The Hall–Kier alpha value is -2.60. The van der Waals surface area contributed by atoms with Gasteiger partial charge in [-0.05, 0) is 94.9 Å². The number of hydrogen-bond acceptors (Lipinski definition) is 0. The van der Waals surface area contributed by atoms with E-state index in [4.69, 9.17) is 0 Å². The molecule has 0 heteroatoms. The minimum absolute atomic E-state index is 0.311. The standard InChI is InChI=1S/C23H30.2C4H8.C3H6.2C2H6/c1-7-18(8-2)15-19-9-11-20(12-10-19)21-13-17(3)14-22(16-21)23(4,5)6;1-4(2)3;1-3-4-2;1-3-2;2*1-2/h7-14,22H,1,15-16H2,2-6H3;1H2,2-3H3;3-4H,1-2H3;3H,1H2,2H3;2*1-2H3/b18-8+;;4-3-;;;. The van der Waals surface area contributed by atoms with Crippen molar-refractivity contribution in [3.8, 4) is 0 Å². The smallest absolute Gasteiger partial charge is 0.00292 e. The summed E-state index contributed by atoms with van der Waals surface area (Å²) < 4.78 is 0. The third kappa shape index (κ3) is 23.8. The molecule has 0 saturated carbocycles. The SMILES string of the molecule is C/C=C\C.C=C(C)C.C=C/C(=C\C)Cc1ccc(C2=CC(C)=CC(C(C)(C)C)C2)cc1.C=CC.CC.CC. The molecule has 0 aromatic heterocycles. The molecule has 1 atom stereocenters. The summed E-state index contributed by atoms with van der Waals surface area (Å²) in [7, 11) is 0. The molecule has 1 aromatic carbocycles. The number of rotatable bonds is 4. The van der Waals surface area contributed by atoms with Crippen molar-refractivity contribution in [2.75, 3.05) is 0 Å². The van der Waals surface area contributed by atoms with Gasteiger partial charge in [-0.15, -0.1) is 13.2 Å². The van der Waals surface area contributed by atoms with E-state index in [1.54, 1.807) is 6.08 Å². The monoisotopic (exact) mass is 521 g/mol. The molecule has 0 N–H and O–H groups in total. The summed E-state index contributed by atoms with van der Waals surface area (Å²) in [5, 5.41) is 0. The first-order chi connectivity index (χ1) is 17.9. The second-order valence-electron chi connectivity index (χ2n) is 9.98. The predicted molar refractivity (Wildman–Crippen MR) is 183 cm³/mol. The molecule has 0 bridgehead atoms.